The fraction of sp³-hybridized carbons (Fsp3) is 0.143. The second kappa shape index (κ2) is 3.01. The van der Waals surface area contributed by atoms with E-state index >= 15 is 0 Å². The predicted molar refractivity (Wildman–Crippen MR) is 43.1 cm³/mol. The minimum atomic E-state index is 0.00750. The van der Waals surface area contributed by atoms with E-state index in [9.17, 15) is 4.91 Å². The van der Waals surface area contributed by atoms with E-state index in [1.54, 1.807) is 30.3 Å². The molecular weight excluding hydrogens is 142 g/mol. The topological polar surface area (TPSA) is 58.7 Å². The fourth-order valence-corrected chi connectivity index (χ4v) is 0.836. The average molecular weight is 151 g/mol. The largest absolute Gasteiger partial charge is 0.379 e. The molecule has 0 aromatic heterocycles. The van der Waals surface area contributed by atoms with Crippen LogP contribution in [-0.2, 0) is 0 Å². The van der Waals surface area contributed by atoms with Crippen LogP contribution in [0.4, 0.5) is 0 Å². The Morgan fingerprint density at radius 3 is 2.91 bits per heavy atom. The van der Waals surface area contributed by atoms with E-state index < -0.39 is 0 Å². The van der Waals surface area contributed by atoms with Gasteiger partial charge in [0.05, 0.1) is 5.70 Å². The monoisotopic (exact) mass is 151 g/mol. The number of hydrogen-bond donors (Lipinski definition) is 1. The van der Waals surface area contributed by atoms with Gasteiger partial charge < -0.3 is 10.6 Å². The SMILES string of the molecule is CN1C=CC=C/C1=C(/N)N=O. The van der Waals surface area contributed by atoms with Crippen LogP contribution < -0.4 is 5.73 Å². The van der Waals surface area contributed by atoms with Gasteiger partial charge in [-0.25, -0.2) is 0 Å². The maximum Gasteiger partial charge on any atom is 0.192 e. The third kappa shape index (κ3) is 1.46. The van der Waals surface area contributed by atoms with Crippen LogP contribution in [-0.4, -0.2) is 11.9 Å². The first-order chi connectivity index (χ1) is 5.25. The van der Waals surface area contributed by atoms with Gasteiger partial charge in [-0.15, -0.1) is 4.91 Å². The highest BCUT2D eigenvalue weighted by atomic mass is 16.3. The van der Waals surface area contributed by atoms with E-state index in [-0.39, 0.29) is 5.82 Å². The van der Waals surface area contributed by atoms with E-state index in [4.69, 9.17) is 5.73 Å². The number of nitrogens with two attached hydrogens (primary N) is 1. The quantitative estimate of drug-likeness (QED) is 0.566. The van der Waals surface area contributed by atoms with Crippen LogP contribution in [0.5, 0.6) is 0 Å². The van der Waals surface area contributed by atoms with Crippen LogP contribution in [0.3, 0.4) is 0 Å². The van der Waals surface area contributed by atoms with Gasteiger partial charge in [-0.05, 0) is 17.3 Å². The lowest BCUT2D eigenvalue weighted by molar-refractivity contribution is 0.573. The number of hydrogen-bond acceptors (Lipinski definition) is 4. The molecule has 0 radical (unpaired) electrons. The minimum absolute atomic E-state index is 0.00750. The lowest BCUT2D eigenvalue weighted by Crippen LogP contribution is -2.15. The molecule has 0 spiro atoms. The van der Waals surface area contributed by atoms with Crippen LogP contribution in [0.15, 0.2) is 41.1 Å². The summed E-state index contributed by atoms with van der Waals surface area (Å²) in [4.78, 5) is 11.8. The Kier molecular flexibility index (Phi) is 2.06. The molecule has 0 amide bonds. The minimum Gasteiger partial charge on any atom is -0.379 e. The van der Waals surface area contributed by atoms with Gasteiger partial charge in [-0.3, -0.25) is 0 Å². The summed E-state index contributed by atoms with van der Waals surface area (Å²) < 4.78 is 0. The van der Waals surface area contributed by atoms with E-state index in [0.717, 1.165) is 0 Å². The van der Waals surface area contributed by atoms with Crippen LogP contribution in [0.1, 0.15) is 0 Å². The Bertz CT molecular complexity index is 252. The highest BCUT2D eigenvalue weighted by Gasteiger charge is 2.05. The zero-order valence-corrected chi connectivity index (χ0v) is 6.19. The van der Waals surface area contributed by atoms with Crippen molar-refractivity contribution >= 4 is 0 Å². The number of nitroso groups, excluding NO2 is 1. The first-order valence-electron chi connectivity index (χ1n) is 3.16. The van der Waals surface area contributed by atoms with Crippen molar-refractivity contribution in [2.45, 2.75) is 0 Å². The lowest BCUT2D eigenvalue weighted by Gasteiger charge is -2.17. The zero-order valence-electron chi connectivity index (χ0n) is 6.19. The summed E-state index contributed by atoms with van der Waals surface area (Å²) in [5.41, 5.74) is 5.94. The average Bonchev–Trinajstić information content (AvgIpc) is 2.04. The second-order valence-electron chi connectivity index (χ2n) is 2.17. The fourth-order valence-electron chi connectivity index (χ4n) is 0.836. The summed E-state index contributed by atoms with van der Waals surface area (Å²) in [5, 5.41) is 2.64. The van der Waals surface area contributed by atoms with Gasteiger partial charge in [0, 0.05) is 13.2 Å². The molecule has 4 nitrogen and oxygen atoms in total. The van der Waals surface area contributed by atoms with Crippen LogP contribution in [0.25, 0.3) is 0 Å². The molecule has 0 aromatic carbocycles. The van der Waals surface area contributed by atoms with Crippen molar-refractivity contribution in [3.63, 3.8) is 0 Å². The third-order valence-corrected chi connectivity index (χ3v) is 1.42. The van der Waals surface area contributed by atoms with Crippen molar-refractivity contribution in [1.29, 1.82) is 0 Å². The number of rotatable bonds is 1. The summed E-state index contributed by atoms with van der Waals surface area (Å²) in [7, 11) is 1.80. The first kappa shape index (κ1) is 7.53. The molecule has 1 aliphatic rings. The maximum atomic E-state index is 10.0. The molecule has 58 valence electrons. The van der Waals surface area contributed by atoms with Gasteiger partial charge >= 0.3 is 0 Å². The Hall–Kier alpha value is -1.58. The molecular formula is C7H9N3O. The van der Waals surface area contributed by atoms with Crippen LogP contribution in [0, 0.1) is 4.91 Å². The summed E-state index contributed by atoms with van der Waals surface area (Å²) >= 11 is 0. The molecule has 0 saturated carbocycles. The molecule has 4 heteroatoms. The molecule has 0 fully saturated rings. The van der Waals surface area contributed by atoms with Gasteiger partial charge in [0.15, 0.2) is 5.82 Å². The van der Waals surface area contributed by atoms with Gasteiger partial charge in [0.2, 0.25) is 0 Å². The third-order valence-electron chi connectivity index (χ3n) is 1.42. The number of allylic oxidation sites excluding steroid dienone is 3. The molecule has 1 heterocycles. The Morgan fingerprint density at radius 1 is 1.64 bits per heavy atom. The van der Waals surface area contributed by atoms with E-state index in [0.29, 0.717) is 5.70 Å². The number of nitrogens with zero attached hydrogens (tertiary/aromatic N) is 2. The molecule has 1 rings (SSSR count). The van der Waals surface area contributed by atoms with Gasteiger partial charge in [0.25, 0.3) is 0 Å². The van der Waals surface area contributed by atoms with Crippen molar-refractivity contribution in [3.05, 3.63) is 40.9 Å². The van der Waals surface area contributed by atoms with Crippen LogP contribution in [0.2, 0.25) is 0 Å². The van der Waals surface area contributed by atoms with Gasteiger partial charge in [-0.1, -0.05) is 6.08 Å². The van der Waals surface area contributed by atoms with Crippen molar-refractivity contribution in [1.82, 2.24) is 4.90 Å². The molecule has 0 aliphatic carbocycles. The normalized spacial score (nSPS) is 20.3. The predicted octanol–water partition coefficient (Wildman–Crippen LogP) is 0.896. The van der Waals surface area contributed by atoms with E-state index in [1.807, 2.05) is 6.08 Å². The highest BCUT2D eigenvalue weighted by molar-refractivity contribution is 5.30. The molecule has 0 saturated heterocycles. The standard InChI is InChI=1S/C7H9N3O/c1-10-5-3-2-4-6(10)7(8)9-11/h2-5H,8H2,1H3/b7-6+. The summed E-state index contributed by atoms with van der Waals surface area (Å²) in [6.07, 6.45) is 7.18. The van der Waals surface area contributed by atoms with E-state index in [2.05, 4.69) is 5.18 Å². The summed E-state index contributed by atoms with van der Waals surface area (Å²) in [6, 6.07) is 0. The molecule has 0 atom stereocenters. The van der Waals surface area contributed by atoms with Crippen LogP contribution >= 0.6 is 0 Å². The Balaban J connectivity index is 2.97. The highest BCUT2D eigenvalue weighted by Crippen LogP contribution is 2.11. The zero-order chi connectivity index (χ0) is 8.27. The van der Waals surface area contributed by atoms with Crippen molar-refractivity contribution in [2.75, 3.05) is 7.05 Å². The van der Waals surface area contributed by atoms with Crippen molar-refractivity contribution in [3.8, 4) is 0 Å². The van der Waals surface area contributed by atoms with Crippen molar-refractivity contribution < 1.29 is 0 Å². The molecule has 2 N–H and O–H groups in total. The van der Waals surface area contributed by atoms with Gasteiger partial charge in [-0.2, -0.15) is 0 Å². The number of likely N-dealkylation sites (N-methyl/N-ethyl adjacent to an activating group) is 1. The maximum absolute atomic E-state index is 10.0. The second-order valence-corrected chi connectivity index (χ2v) is 2.17. The lowest BCUT2D eigenvalue weighted by atomic mass is 10.3. The Labute approximate surface area is 64.6 Å². The molecule has 0 bridgehead atoms. The van der Waals surface area contributed by atoms with Gasteiger partial charge in [0.1, 0.15) is 0 Å². The smallest absolute Gasteiger partial charge is 0.192 e. The summed E-state index contributed by atoms with van der Waals surface area (Å²) in [5.74, 6) is 0.00750. The summed E-state index contributed by atoms with van der Waals surface area (Å²) in [6.45, 7) is 0. The molecule has 0 aromatic rings. The first-order valence-corrected chi connectivity index (χ1v) is 3.16. The Morgan fingerprint density at radius 2 is 2.36 bits per heavy atom. The molecule has 1 aliphatic heterocycles. The molecule has 0 unspecified atom stereocenters. The molecule has 11 heavy (non-hydrogen) atoms. The van der Waals surface area contributed by atoms with Crippen molar-refractivity contribution in [2.24, 2.45) is 10.9 Å². The van der Waals surface area contributed by atoms with E-state index in [1.165, 1.54) is 0 Å².